The second kappa shape index (κ2) is 9.94. The van der Waals surface area contributed by atoms with Gasteiger partial charge in [-0.1, -0.05) is 31.5 Å². The van der Waals surface area contributed by atoms with E-state index in [-0.39, 0.29) is 0 Å². The number of hydrogen-bond donors (Lipinski definition) is 1. The Morgan fingerprint density at radius 1 is 0.957 bits per heavy atom. The molecule has 1 N–H and O–H groups in total. The highest BCUT2D eigenvalue weighted by Gasteiger charge is 2.19. The highest BCUT2D eigenvalue weighted by molar-refractivity contribution is 5.47. The van der Waals surface area contributed by atoms with Gasteiger partial charge < -0.3 is 10.2 Å². The van der Waals surface area contributed by atoms with Gasteiger partial charge in [0.05, 0.1) is 0 Å². The molecule has 0 aromatic heterocycles. The Hall–Kier alpha value is -1.06. The third kappa shape index (κ3) is 5.82. The molecule has 0 saturated carbocycles. The Kier molecular flexibility index (Phi) is 7.90. The summed E-state index contributed by atoms with van der Waals surface area (Å²) < 4.78 is 0. The smallest absolute Gasteiger partial charge is 0.0367 e. The van der Waals surface area contributed by atoms with Crippen molar-refractivity contribution in [3.05, 3.63) is 29.8 Å². The molecule has 0 radical (unpaired) electrons. The lowest BCUT2D eigenvalue weighted by molar-refractivity contribution is 0.224. The van der Waals surface area contributed by atoms with E-state index in [4.69, 9.17) is 0 Å². The van der Waals surface area contributed by atoms with Crippen molar-refractivity contribution in [2.75, 3.05) is 50.7 Å². The van der Waals surface area contributed by atoms with E-state index >= 15 is 0 Å². The van der Waals surface area contributed by atoms with Crippen LogP contribution in [0.1, 0.15) is 38.7 Å². The normalized spacial score (nSPS) is 20.0. The first-order valence-corrected chi connectivity index (χ1v) is 9.56. The van der Waals surface area contributed by atoms with Crippen LogP contribution >= 0.6 is 0 Å². The van der Waals surface area contributed by atoms with E-state index in [2.05, 4.69) is 46.3 Å². The Morgan fingerprint density at radius 2 is 1.57 bits per heavy atom. The average molecular weight is 318 g/mol. The van der Waals surface area contributed by atoms with Crippen molar-refractivity contribution in [1.29, 1.82) is 0 Å². The number of hydrogen-bond acceptors (Lipinski definition) is 3. The van der Waals surface area contributed by atoms with E-state index in [1.807, 2.05) is 13.8 Å². The number of benzene rings is 1. The lowest BCUT2D eigenvalue weighted by Gasteiger charge is -2.37. The summed E-state index contributed by atoms with van der Waals surface area (Å²) in [7, 11) is 0. The summed E-state index contributed by atoms with van der Waals surface area (Å²) in [6.45, 7) is 14.7. The van der Waals surface area contributed by atoms with Crippen LogP contribution < -0.4 is 10.2 Å². The number of aryl methyl sites for hydroxylation is 1. The molecule has 2 aliphatic heterocycles. The summed E-state index contributed by atoms with van der Waals surface area (Å²) in [5.74, 6) is 0.960. The van der Waals surface area contributed by atoms with Gasteiger partial charge in [-0.05, 0) is 63.9 Å². The minimum atomic E-state index is 0.960. The predicted octanol–water partition coefficient (Wildman–Crippen LogP) is 3.53. The molecule has 2 heterocycles. The highest BCUT2D eigenvalue weighted by Crippen LogP contribution is 2.19. The van der Waals surface area contributed by atoms with E-state index < -0.39 is 0 Å². The second-order valence-corrected chi connectivity index (χ2v) is 6.65. The van der Waals surface area contributed by atoms with Gasteiger partial charge in [-0.15, -0.1) is 0 Å². The molecule has 3 rings (SSSR count). The fourth-order valence-corrected chi connectivity index (χ4v) is 3.52. The maximum Gasteiger partial charge on any atom is 0.0367 e. The minimum Gasteiger partial charge on any atom is -0.369 e. The lowest BCUT2D eigenvalue weighted by atomic mass is 9.94. The van der Waals surface area contributed by atoms with Gasteiger partial charge in [-0.2, -0.15) is 0 Å². The van der Waals surface area contributed by atoms with Crippen LogP contribution in [0.5, 0.6) is 0 Å². The van der Waals surface area contributed by atoms with Crippen LogP contribution in [0.15, 0.2) is 24.3 Å². The van der Waals surface area contributed by atoms with Crippen LogP contribution in [-0.4, -0.2) is 50.7 Å². The first kappa shape index (κ1) is 18.3. The van der Waals surface area contributed by atoms with E-state index in [0.29, 0.717) is 0 Å². The zero-order valence-corrected chi connectivity index (χ0v) is 15.4. The summed E-state index contributed by atoms with van der Waals surface area (Å²) in [6.07, 6.45) is 4.15. The second-order valence-electron chi connectivity index (χ2n) is 6.65. The molecule has 1 aromatic carbocycles. The van der Waals surface area contributed by atoms with Gasteiger partial charge in [-0.25, -0.2) is 0 Å². The van der Waals surface area contributed by atoms with Crippen molar-refractivity contribution in [2.45, 2.75) is 40.0 Å². The van der Waals surface area contributed by atoms with Crippen LogP contribution in [-0.2, 0) is 0 Å². The fourth-order valence-electron chi connectivity index (χ4n) is 3.52. The van der Waals surface area contributed by atoms with Crippen molar-refractivity contribution < 1.29 is 0 Å². The summed E-state index contributed by atoms with van der Waals surface area (Å²) >= 11 is 0. The number of rotatable bonds is 4. The molecule has 0 amide bonds. The standard InChI is InChI=1S/C18H29N3.C2H6/c1-16-2-4-18(5-3-16)21-14-12-20(13-15-21)11-8-17-6-9-19-10-7-17;1-2/h2-5,17,19H,6-15H2,1H3;1-2H3. The van der Waals surface area contributed by atoms with Gasteiger partial charge in [0.2, 0.25) is 0 Å². The zero-order chi connectivity index (χ0) is 16.5. The third-order valence-corrected chi connectivity index (χ3v) is 5.08. The van der Waals surface area contributed by atoms with Gasteiger partial charge in [0.1, 0.15) is 0 Å². The van der Waals surface area contributed by atoms with Crippen molar-refractivity contribution in [1.82, 2.24) is 10.2 Å². The molecular weight excluding hydrogens is 282 g/mol. The van der Waals surface area contributed by atoms with Crippen molar-refractivity contribution >= 4 is 5.69 Å². The molecule has 2 fully saturated rings. The molecule has 0 spiro atoms. The Labute approximate surface area is 143 Å². The topological polar surface area (TPSA) is 18.5 Å². The third-order valence-electron chi connectivity index (χ3n) is 5.08. The molecule has 2 aliphatic rings. The Bertz CT molecular complexity index is 415. The molecule has 0 unspecified atom stereocenters. The molecule has 2 saturated heterocycles. The van der Waals surface area contributed by atoms with Crippen molar-refractivity contribution in [3.63, 3.8) is 0 Å². The molecule has 0 atom stereocenters. The molecule has 3 nitrogen and oxygen atoms in total. The van der Waals surface area contributed by atoms with Gasteiger partial charge in [0, 0.05) is 31.9 Å². The SMILES string of the molecule is CC.Cc1ccc(N2CCN(CCC3CCNCC3)CC2)cc1. The molecular formula is C20H35N3. The van der Waals surface area contributed by atoms with E-state index in [1.54, 1.807) is 0 Å². The maximum absolute atomic E-state index is 3.46. The molecule has 1 aromatic rings. The number of anilines is 1. The number of piperazine rings is 1. The van der Waals surface area contributed by atoms with Gasteiger partial charge in [0.15, 0.2) is 0 Å². The predicted molar refractivity (Wildman–Crippen MR) is 101 cm³/mol. The van der Waals surface area contributed by atoms with Gasteiger partial charge in [-0.3, -0.25) is 4.90 Å². The first-order chi connectivity index (χ1) is 11.3. The number of piperidine rings is 1. The monoisotopic (exact) mass is 317 g/mol. The summed E-state index contributed by atoms with van der Waals surface area (Å²) in [5, 5.41) is 3.46. The first-order valence-electron chi connectivity index (χ1n) is 9.56. The van der Waals surface area contributed by atoms with E-state index in [9.17, 15) is 0 Å². The Morgan fingerprint density at radius 3 is 2.17 bits per heavy atom. The summed E-state index contributed by atoms with van der Waals surface area (Å²) in [4.78, 5) is 5.19. The molecule has 3 heteroatoms. The van der Waals surface area contributed by atoms with Crippen LogP contribution in [0.2, 0.25) is 0 Å². The lowest BCUT2D eigenvalue weighted by Crippen LogP contribution is -2.47. The molecule has 0 aliphatic carbocycles. The van der Waals surface area contributed by atoms with Gasteiger partial charge >= 0.3 is 0 Å². The highest BCUT2D eigenvalue weighted by atomic mass is 15.3. The zero-order valence-electron chi connectivity index (χ0n) is 15.4. The van der Waals surface area contributed by atoms with E-state index in [1.165, 1.54) is 76.3 Å². The average Bonchev–Trinajstić information content (AvgIpc) is 2.64. The Balaban J connectivity index is 0.000000924. The van der Waals surface area contributed by atoms with Gasteiger partial charge in [0.25, 0.3) is 0 Å². The van der Waals surface area contributed by atoms with Crippen LogP contribution in [0.3, 0.4) is 0 Å². The number of nitrogens with zero attached hydrogens (tertiary/aromatic N) is 2. The quantitative estimate of drug-likeness (QED) is 0.916. The van der Waals surface area contributed by atoms with Crippen LogP contribution in [0.4, 0.5) is 5.69 Å². The minimum absolute atomic E-state index is 0.960. The largest absolute Gasteiger partial charge is 0.369 e. The molecule has 130 valence electrons. The fraction of sp³-hybridized carbons (Fsp3) is 0.700. The van der Waals surface area contributed by atoms with Crippen LogP contribution in [0, 0.1) is 12.8 Å². The van der Waals surface area contributed by atoms with Crippen molar-refractivity contribution in [3.8, 4) is 0 Å². The molecule has 23 heavy (non-hydrogen) atoms. The summed E-state index contributed by atoms with van der Waals surface area (Å²) in [5.41, 5.74) is 2.73. The summed E-state index contributed by atoms with van der Waals surface area (Å²) in [6, 6.07) is 8.97. The van der Waals surface area contributed by atoms with Crippen molar-refractivity contribution in [2.24, 2.45) is 5.92 Å². The maximum atomic E-state index is 3.46. The van der Waals surface area contributed by atoms with Crippen LogP contribution in [0.25, 0.3) is 0 Å². The number of nitrogens with one attached hydrogen (secondary N) is 1. The van der Waals surface area contributed by atoms with E-state index in [0.717, 1.165) is 5.92 Å². The molecule has 0 bridgehead atoms.